The molecule has 2 N–H and O–H groups in total. The molecule has 2 amide bonds. The number of anilines is 1. The van der Waals surface area contributed by atoms with Gasteiger partial charge in [-0.15, -0.1) is 0 Å². The van der Waals surface area contributed by atoms with Crippen LogP contribution in [0.15, 0.2) is 71.7 Å². The second-order valence-electron chi connectivity index (χ2n) is 8.20. The Balaban J connectivity index is 1.35. The number of aromatic carboxylic acids is 1. The van der Waals surface area contributed by atoms with E-state index in [0.717, 1.165) is 17.3 Å². The Hall–Kier alpha value is -4.38. The van der Waals surface area contributed by atoms with Crippen molar-refractivity contribution in [3.63, 3.8) is 0 Å². The van der Waals surface area contributed by atoms with Crippen LogP contribution in [0.4, 0.5) is 15.8 Å². The predicted octanol–water partition coefficient (Wildman–Crippen LogP) is 4.41. The summed E-state index contributed by atoms with van der Waals surface area (Å²) < 4.78 is 25.1. The average Bonchev–Trinajstić information content (AvgIpc) is 3.46. The third kappa shape index (κ3) is 5.41. The molecule has 188 valence electrons. The van der Waals surface area contributed by atoms with Gasteiger partial charge in [0.15, 0.2) is 16.7 Å². The van der Waals surface area contributed by atoms with Crippen LogP contribution in [0.3, 0.4) is 0 Å². The van der Waals surface area contributed by atoms with Gasteiger partial charge in [-0.1, -0.05) is 30.0 Å². The maximum absolute atomic E-state index is 14.3. The minimum absolute atomic E-state index is 0.0807. The van der Waals surface area contributed by atoms with Crippen molar-refractivity contribution in [1.82, 2.24) is 4.90 Å². The molecule has 11 heteroatoms. The van der Waals surface area contributed by atoms with E-state index in [1.165, 1.54) is 41.3 Å². The van der Waals surface area contributed by atoms with E-state index in [1.807, 2.05) is 0 Å². The van der Waals surface area contributed by atoms with Gasteiger partial charge >= 0.3 is 5.97 Å². The van der Waals surface area contributed by atoms with Crippen LogP contribution >= 0.6 is 11.8 Å². The van der Waals surface area contributed by atoms with Crippen LogP contribution in [0, 0.1) is 5.82 Å². The summed E-state index contributed by atoms with van der Waals surface area (Å²) in [4.78, 5) is 42.9. The van der Waals surface area contributed by atoms with Crippen molar-refractivity contribution >= 4 is 46.1 Å². The maximum Gasteiger partial charge on any atom is 0.335 e. The first-order valence-corrected chi connectivity index (χ1v) is 12.1. The Morgan fingerprint density at radius 3 is 2.59 bits per heavy atom. The highest BCUT2D eigenvalue weighted by atomic mass is 32.2. The number of carbonyl (C=O) groups excluding carboxylic acids is 2. The van der Waals surface area contributed by atoms with E-state index in [1.54, 1.807) is 30.3 Å². The molecular weight excluding hydrogens is 501 g/mol. The van der Waals surface area contributed by atoms with E-state index in [4.69, 9.17) is 14.6 Å². The average molecular weight is 522 g/mol. The lowest BCUT2D eigenvalue weighted by Gasteiger charge is -2.17. The molecule has 0 aliphatic carbocycles. The second-order valence-corrected chi connectivity index (χ2v) is 9.37. The third-order valence-electron chi connectivity index (χ3n) is 5.65. The molecule has 2 aliphatic heterocycles. The van der Waals surface area contributed by atoms with Crippen molar-refractivity contribution in [1.29, 1.82) is 0 Å². The van der Waals surface area contributed by atoms with Crippen molar-refractivity contribution in [2.24, 2.45) is 4.99 Å². The summed E-state index contributed by atoms with van der Waals surface area (Å²) >= 11 is 1.09. The number of amidine groups is 1. The van der Waals surface area contributed by atoms with Crippen LogP contribution in [0.5, 0.6) is 11.5 Å². The molecule has 0 unspecified atom stereocenters. The molecule has 1 saturated heterocycles. The topological polar surface area (TPSA) is 118 Å². The van der Waals surface area contributed by atoms with Crippen molar-refractivity contribution in [3.05, 3.63) is 83.7 Å². The molecular formula is C26H20FN3O6S. The third-order valence-corrected chi connectivity index (χ3v) is 6.83. The van der Waals surface area contributed by atoms with Gasteiger partial charge in [0.25, 0.3) is 0 Å². The quantitative estimate of drug-likeness (QED) is 0.473. The Labute approximate surface area is 214 Å². The van der Waals surface area contributed by atoms with E-state index >= 15 is 0 Å². The van der Waals surface area contributed by atoms with Crippen molar-refractivity contribution in [2.75, 3.05) is 12.1 Å². The fourth-order valence-corrected chi connectivity index (χ4v) is 4.96. The second kappa shape index (κ2) is 10.3. The summed E-state index contributed by atoms with van der Waals surface area (Å²) in [6.07, 6.45) is -0.155. The minimum atomic E-state index is -1.07. The highest BCUT2D eigenvalue weighted by Gasteiger charge is 2.39. The zero-order valence-electron chi connectivity index (χ0n) is 19.2. The molecule has 1 atom stereocenters. The summed E-state index contributed by atoms with van der Waals surface area (Å²) in [6.45, 7) is 0.262. The van der Waals surface area contributed by atoms with E-state index in [9.17, 15) is 18.8 Å². The number of rotatable bonds is 7. The summed E-state index contributed by atoms with van der Waals surface area (Å²) in [5.41, 5.74) is 1.33. The number of carboxylic acids is 1. The minimum Gasteiger partial charge on any atom is -0.478 e. The van der Waals surface area contributed by atoms with Gasteiger partial charge in [-0.05, 0) is 54.1 Å². The van der Waals surface area contributed by atoms with Crippen molar-refractivity contribution in [2.45, 2.75) is 18.2 Å². The van der Waals surface area contributed by atoms with Crippen LogP contribution in [0.1, 0.15) is 22.3 Å². The lowest BCUT2D eigenvalue weighted by Crippen LogP contribution is -2.33. The number of thioether (sulfide) groups is 1. The lowest BCUT2D eigenvalue weighted by atomic mass is 10.1. The number of amides is 2. The Morgan fingerprint density at radius 1 is 1.08 bits per heavy atom. The van der Waals surface area contributed by atoms with E-state index in [2.05, 4.69) is 10.3 Å². The number of fused-ring (bicyclic) bond motifs is 1. The summed E-state index contributed by atoms with van der Waals surface area (Å²) in [6, 6.07) is 17.0. The number of para-hydroxylation sites is 1. The molecule has 2 heterocycles. The summed E-state index contributed by atoms with van der Waals surface area (Å²) in [5, 5.41) is 11.2. The molecule has 0 spiro atoms. The molecule has 0 aromatic heterocycles. The van der Waals surface area contributed by atoms with Crippen LogP contribution in [-0.4, -0.2) is 45.0 Å². The summed E-state index contributed by atoms with van der Waals surface area (Å²) in [7, 11) is 0. The zero-order chi connectivity index (χ0) is 25.9. The first-order chi connectivity index (χ1) is 17.9. The van der Waals surface area contributed by atoms with E-state index < -0.39 is 22.9 Å². The Kier molecular flexibility index (Phi) is 6.78. The first kappa shape index (κ1) is 24.3. The number of hydrogen-bond donors (Lipinski definition) is 2. The van der Waals surface area contributed by atoms with Gasteiger partial charge in [-0.2, -0.15) is 0 Å². The lowest BCUT2D eigenvalue weighted by molar-refractivity contribution is -0.128. The molecule has 1 fully saturated rings. The van der Waals surface area contributed by atoms with Gasteiger partial charge in [0.1, 0.15) is 16.8 Å². The number of nitrogens with zero attached hydrogens (tertiary/aromatic N) is 2. The van der Waals surface area contributed by atoms with Gasteiger partial charge in [0, 0.05) is 12.1 Å². The Bertz CT molecular complexity index is 1410. The van der Waals surface area contributed by atoms with E-state index in [0.29, 0.717) is 17.2 Å². The van der Waals surface area contributed by atoms with Crippen LogP contribution in [0.2, 0.25) is 0 Å². The van der Waals surface area contributed by atoms with Crippen molar-refractivity contribution in [3.8, 4) is 11.5 Å². The van der Waals surface area contributed by atoms with Gasteiger partial charge in [-0.3, -0.25) is 14.5 Å². The number of hydrogen-bond acceptors (Lipinski definition) is 7. The highest BCUT2D eigenvalue weighted by Crippen LogP contribution is 2.36. The first-order valence-electron chi connectivity index (χ1n) is 11.2. The smallest absolute Gasteiger partial charge is 0.335 e. The zero-order valence-corrected chi connectivity index (χ0v) is 20.0. The SMILES string of the molecule is O=C(C[C@H]1SC(=Nc2ccccc2F)N(Cc2ccc3c(c2)OCO3)C1=O)Nc1ccc(C(=O)O)cc1. The molecule has 0 bridgehead atoms. The van der Waals surface area contributed by atoms with Crippen molar-refractivity contribution < 1.29 is 33.4 Å². The number of carbonyl (C=O) groups is 3. The maximum atomic E-state index is 14.3. The molecule has 37 heavy (non-hydrogen) atoms. The van der Waals surface area contributed by atoms with Gasteiger partial charge in [0.05, 0.1) is 12.1 Å². The monoisotopic (exact) mass is 521 g/mol. The van der Waals surface area contributed by atoms with Gasteiger partial charge in [0.2, 0.25) is 18.6 Å². The highest BCUT2D eigenvalue weighted by molar-refractivity contribution is 8.15. The fourth-order valence-electron chi connectivity index (χ4n) is 3.81. The Morgan fingerprint density at radius 2 is 1.84 bits per heavy atom. The standard InChI is InChI=1S/C26H20FN3O6S/c27-18-3-1-2-4-19(18)29-26-30(13-15-5-10-20-21(11-15)36-14-35-20)24(32)22(37-26)12-23(31)28-17-8-6-16(7-9-17)25(33)34/h1-11,22H,12-14H2,(H,28,31)(H,33,34)/t22-/m1/s1. The molecule has 3 aromatic carbocycles. The largest absolute Gasteiger partial charge is 0.478 e. The normalized spacial score (nSPS) is 17.3. The van der Waals surface area contributed by atoms with Gasteiger partial charge in [-0.25, -0.2) is 14.2 Å². The van der Waals surface area contributed by atoms with E-state index in [-0.39, 0.29) is 42.1 Å². The number of aliphatic imine (C=N–C) groups is 1. The number of ether oxygens (including phenoxy) is 2. The molecule has 0 radical (unpaired) electrons. The number of nitrogens with one attached hydrogen (secondary N) is 1. The number of benzene rings is 3. The summed E-state index contributed by atoms with van der Waals surface area (Å²) in [5.74, 6) is -1.20. The van der Waals surface area contributed by atoms with Crippen LogP contribution < -0.4 is 14.8 Å². The molecule has 0 saturated carbocycles. The molecule has 9 nitrogen and oxygen atoms in total. The van der Waals surface area contributed by atoms with Gasteiger partial charge < -0.3 is 19.9 Å². The van der Waals surface area contributed by atoms with Crippen LogP contribution in [0.25, 0.3) is 0 Å². The molecule has 3 aromatic rings. The molecule has 2 aliphatic rings. The molecule has 5 rings (SSSR count). The number of carboxylic acid groups (broad SMARTS) is 1. The predicted molar refractivity (Wildman–Crippen MR) is 135 cm³/mol. The fraction of sp³-hybridized carbons (Fsp3) is 0.154. The number of halogens is 1. The van der Waals surface area contributed by atoms with Crippen LogP contribution in [-0.2, 0) is 16.1 Å².